The van der Waals surface area contributed by atoms with Crippen LogP contribution in [0.1, 0.15) is 22.6 Å². The second kappa shape index (κ2) is 2.82. The number of hydrogen-bond donors (Lipinski definition) is 1. The first-order valence-electron chi connectivity index (χ1n) is 4.99. The van der Waals surface area contributed by atoms with E-state index < -0.39 is 5.97 Å². The van der Waals surface area contributed by atoms with Crippen LogP contribution in [0.4, 0.5) is 0 Å². The molecule has 0 saturated carbocycles. The maximum atomic E-state index is 11.1. The summed E-state index contributed by atoms with van der Waals surface area (Å²) in [6.45, 7) is 0.885. The van der Waals surface area contributed by atoms with E-state index in [0.29, 0.717) is 5.56 Å². The van der Waals surface area contributed by atoms with E-state index in [-0.39, 0.29) is 0 Å². The van der Waals surface area contributed by atoms with Crippen LogP contribution < -0.4 is 0 Å². The fraction of sp³-hybridized carbons (Fsp3) is 0.273. The van der Waals surface area contributed by atoms with Crippen molar-refractivity contribution in [3.05, 3.63) is 29.6 Å². The molecule has 0 fully saturated rings. The quantitative estimate of drug-likeness (QED) is 0.765. The lowest BCUT2D eigenvalue weighted by molar-refractivity contribution is 0.0698. The number of para-hydroxylation sites is 1. The van der Waals surface area contributed by atoms with Crippen molar-refractivity contribution in [3.63, 3.8) is 0 Å². The number of carbonyl (C=O) groups is 1. The van der Waals surface area contributed by atoms with Gasteiger partial charge >= 0.3 is 5.97 Å². The Labute approximate surface area is 86.2 Å². The van der Waals surface area contributed by atoms with Crippen LogP contribution >= 0.6 is 0 Å². The molecule has 4 heteroatoms. The topological polar surface area (TPSA) is 55.1 Å². The van der Waals surface area contributed by atoms with Gasteiger partial charge in [-0.3, -0.25) is 0 Å². The Morgan fingerprint density at radius 2 is 2.33 bits per heavy atom. The first-order chi connectivity index (χ1) is 7.27. The Hall–Kier alpha value is -1.84. The number of carboxylic acids is 1. The third-order valence-electron chi connectivity index (χ3n) is 2.86. The SMILES string of the molecule is O=C(O)c1cccc2nc3n(c12)CCC3. The molecule has 0 bridgehead atoms. The molecule has 2 aromatic rings. The van der Waals surface area contributed by atoms with Gasteiger partial charge in [-0.15, -0.1) is 0 Å². The highest BCUT2D eigenvalue weighted by Gasteiger charge is 2.20. The molecule has 76 valence electrons. The monoisotopic (exact) mass is 202 g/mol. The van der Waals surface area contributed by atoms with Gasteiger partial charge in [-0.05, 0) is 18.6 Å². The average Bonchev–Trinajstić information content (AvgIpc) is 2.75. The third kappa shape index (κ3) is 1.08. The molecule has 4 nitrogen and oxygen atoms in total. The van der Waals surface area contributed by atoms with Gasteiger partial charge in [0.2, 0.25) is 0 Å². The molecular formula is C11H10N2O2. The van der Waals surface area contributed by atoms with Gasteiger partial charge in [-0.25, -0.2) is 9.78 Å². The van der Waals surface area contributed by atoms with Crippen LogP contribution in [0.2, 0.25) is 0 Å². The predicted octanol–water partition coefficient (Wildman–Crippen LogP) is 1.68. The van der Waals surface area contributed by atoms with E-state index in [9.17, 15) is 4.79 Å². The van der Waals surface area contributed by atoms with Gasteiger partial charge in [0.25, 0.3) is 0 Å². The molecule has 3 rings (SSSR count). The standard InChI is InChI=1S/C11H10N2O2/c14-11(15)7-3-1-4-8-10(7)13-6-2-5-9(13)12-8/h1,3-4H,2,5-6H2,(H,14,15). The van der Waals surface area contributed by atoms with E-state index in [2.05, 4.69) is 4.98 Å². The summed E-state index contributed by atoms with van der Waals surface area (Å²) in [5.41, 5.74) is 1.93. The number of imidazole rings is 1. The molecule has 0 radical (unpaired) electrons. The lowest BCUT2D eigenvalue weighted by Crippen LogP contribution is -2.01. The number of hydrogen-bond acceptors (Lipinski definition) is 2. The Morgan fingerprint density at radius 3 is 3.13 bits per heavy atom. The first-order valence-corrected chi connectivity index (χ1v) is 4.99. The van der Waals surface area contributed by atoms with E-state index in [1.54, 1.807) is 12.1 Å². The van der Waals surface area contributed by atoms with E-state index in [1.165, 1.54) is 0 Å². The Kier molecular flexibility index (Phi) is 1.59. The number of rotatable bonds is 1. The van der Waals surface area contributed by atoms with E-state index >= 15 is 0 Å². The van der Waals surface area contributed by atoms with Crippen molar-refractivity contribution in [1.29, 1.82) is 0 Å². The molecule has 0 aliphatic carbocycles. The van der Waals surface area contributed by atoms with Gasteiger partial charge in [0.1, 0.15) is 5.82 Å². The van der Waals surface area contributed by atoms with Crippen LogP contribution in [0.5, 0.6) is 0 Å². The smallest absolute Gasteiger partial charge is 0.337 e. The summed E-state index contributed by atoms with van der Waals surface area (Å²) in [5, 5.41) is 9.09. The van der Waals surface area contributed by atoms with Crippen molar-refractivity contribution < 1.29 is 9.90 Å². The van der Waals surface area contributed by atoms with Crippen molar-refractivity contribution in [3.8, 4) is 0 Å². The zero-order valence-electron chi connectivity index (χ0n) is 8.10. The number of carboxylic acid groups (broad SMARTS) is 1. The number of aromatic carboxylic acids is 1. The van der Waals surface area contributed by atoms with Crippen molar-refractivity contribution in [2.45, 2.75) is 19.4 Å². The highest BCUT2D eigenvalue weighted by molar-refractivity contribution is 6.01. The maximum Gasteiger partial charge on any atom is 0.337 e. The summed E-state index contributed by atoms with van der Waals surface area (Å²) >= 11 is 0. The van der Waals surface area contributed by atoms with Crippen LogP contribution in [-0.2, 0) is 13.0 Å². The molecule has 0 amide bonds. The molecule has 0 atom stereocenters. The summed E-state index contributed by atoms with van der Waals surface area (Å²) in [6.07, 6.45) is 2.01. The van der Waals surface area contributed by atoms with Gasteiger partial charge in [0.15, 0.2) is 0 Å². The molecule has 1 aromatic carbocycles. The number of nitrogens with zero attached hydrogens (tertiary/aromatic N) is 2. The van der Waals surface area contributed by atoms with Crippen molar-refractivity contribution in [1.82, 2.24) is 9.55 Å². The second-order valence-corrected chi connectivity index (χ2v) is 3.76. The normalized spacial score (nSPS) is 14.4. The predicted molar refractivity (Wildman–Crippen MR) is 55.0 cm³/mol. The molecule has 1 N–H and O–H groups in total. The van der Waals surface area contributed by atoms with E-state index in [4.69, 9.17) is 5.11 Å². The fourth-order valence-electron chi connectivity index (χ4n) is 2.23. The van der Waals surface area contributed by atoms with Crippen molar-refractivity contribution in [2.24, 2.45) is 0 Å². The number of fused-ring (bicyclic) bond motifs is 3. The Morgan fingerprint density at radius 1 is 1.47 bits per heavy atom. The Balaban J connectivity index is 2.41. The number of benzene rings is 1. The molecule has 15 heavy (non-hydrogen) atoms. The molecule has 1 aromatic heterocycles. The van der Waals surface area contributed by atoms with Gasteiger partial charge in [-0.1, -0.05) is 6.07 Å². The van der Waals surface area contributed by atoms with E-state index in [1.807, 2.05) is 10.6 Å². The largest absolute Gasteiger partial charge is 0.478 e. The molecule has 1 aliphatic heterocycles. The van der Waals surface area contributed by atoms with Crippen LogP contribution in [0.3, 0.4) is 0 Å². The first kappa shape index (κ1) is 8.47. The minimum absolute atomic E-state index is 0.355. The van der Waals surface area contributed by atoms with Gasteiger partial charge in [-0.2, -0.15) is 0 Å². The van der Waals surface area contributed by atoms with E-state index in [0.717, 1.165) is 36.2 Å². The second-order valence-electron chi connectivity index (χ2n) is 3.76. The highest BCUT2D eigenvalue weighted by atomic mass is 16.4. The summed E-state index contributed by atoms with van der Waals surface area (Å²) in [6, 6.07) is 5.25. The summed E-state index contributed by atoms with van der Waals surface area (Å²) in [5.74, 6) is 0.133. The third-order valence-corrected chi connectivity index (χ3v) is 2.86. The van der Waals surface area contributed by atoms with Crippen LogP contribution in [-0.4, -0.2) is 20.6 Å². The molecule has 0 unspecified atom stereocenters. The van der Waals surface area contributed by atoms with Crippen LogP contribution in [0.15, 0.2) is 18.2 Å². The lowest BCUT2D eigenvalue weighted by atomic mass is 10.2. The van der Waals surface area contributed by atoms with Crippen molar-refractivity contribution >= 4 is 17.0 Å². The summed E-state index contributed by atoms with van der Waals surface area (Å²) in [7, 11) is 0. The van der Waals surface area contributed by atoms with Crippen LogP contribution in [0.25, 0.3) is 11.0 Å². The summed E-state index contributed by atoms with van der Waals surface area (Å²) in [4.78, 5) is 15.5. The van der Waals surface area contributed by atoms with Crippen molar-refractivity contribution in [2.75, 3.05) is 0 Å². The average molecular weight is 202 g/mol. The fourth-order valence-corrected chi connectivity index (χ4v) is 2.23. The highest BCUT2D eigenvalue weighted by Crippen LogP contribution is 2.25. The zero-order valence-corrected chi connectivity index (χ0v) is 8.10. The minimum atomic E-state index is -0.879. The minimum Gasteiger partial charge on any atom is -0.478 e. The summed E-state index contributed by atoms with van der Waals surface area (Å²) < 4.78 is 2.03. The maximum absolute atomic E-state index is 11.1. The van der Waals surface area contributed by atoms with Gasteiger partial charge in [0, 0.05) is 13.0 Å². The number of aryl methyl sites for hydroxylation is 2. The lowest BCUT2D eigenvalue weighted by Gasteiger charge is -2.01. The van der Waals surface area contributed by atoms with Crippen LogP contribution in [0, 0.1) is 0 Å². The number of aromatic nitrogens is 2. The molecule has 2 heterocycles. The van der Waals surface area contributed by atoms with Gasteiger partial charge < -0.3 is 9.67 Å². The molecule has 0 spiro atoms. The molecular weight excluding hydrogens is 192 g/mol. The van der Waals surface area contributed by atoms with Gasteiger partial charge in [0.05, 0.1) is 16.6 Å². The Bertz CT molecular complexity index is 557. The molecule has 1 aliphatic rings. The molecule has 0 saturated heterocycles. The zero-order chi connectivity index (χ0) is 10.4.